The molecule has 3 rings (SSSR count). The molecular formula is C31H44N8O6. The molecule has 4 atom stereocenters. The van der Waals surface area contributed by atoms with Crippen molar-refractivity contribution >= 4 is 29.6 Å². The Morgan fingerprint density at radius 3 is 2.09 bits per heavy atom. The summed E-state index contributed by atoms with van der Waals surface area (Å²) in [5.74, 6) is -2.37. The minimum atomic E-state index is -1.37. The fourth-order valence-corrected chi connectivity index (χ4v) is 4.83. The number of aliphatic hydroxyl groups is 1. The van der Waals surface area contributed by atoms with E-state index in [4.69, 9.17) is 21.9 Å². The van der Waals surface area contributed by atoms with Crippen LogP contribution in [0.15, 0.2) is 59.6 Å². The van der Waals surface area contributed by atoms with Gasteiger partial charge in [-0.05, 0) is 62.8 Å². The predicted molar refractivity (Wildman–Crippen MR) is 169 cm³/mol. The Balaban J connectivity index is 1.98. The number of hydrogen-bond donors (Lipinski definition) is 8. The van der Waals surface area contributed by atoms with E-state index in [1.807, 2.05) is 30.3 Å². The molecule has 0 saturated carbocycles. The number of carbonyl (C=O) groups is 4. The highest BCUT2D eigenvalue weighted by atomic mass is 16.5. The molecule has 1 heterocycles. The van der Waals surface area contributed by atoms with Crippen LogP contribution in [0.3, 0.4) is 0 Å². The molecule has 2 aromatic rings. The maximum absolute atomic E-state index is 13.7. The third-order valence-corrected chi connectivity index (χ3v) is 7.21. The first-order valence-corrected chi connectivity index (χ1v) is 15.1. The zero-order valence-electron chi connectivity index (χ0n) is 25.2. The van der Waals surface area contributed by atoms with E-state index >= 15 is 0 Å². The lowest BCUT2D eigenvalue weighted by Gasteiger charge is -2.27. The van der Waals surface area contributed by atoms with Crippen molar-refractivity contribution < 1.29 is 29.0 Å². The molecule has 0 aromatic heterocycles. The number of nitrogens with two attached hydrogens (primary N) is 3. The number of aliphatic imine (C=N–C) groups is 1. The van der Waals surface area contributed by atoms with Gasteiger partial charge in [-0.15, -0.1) is 0 Å². The summed E-state index contributed by atoms with van der Waals surface area (Å²) in [5.41, 5.74) is 17.6. The van der Waals surface area contributed by atoms with Gasteiger partial charge in [0.15, 0.2) is 5.96 Å². The molecule has 0 fully saturated rings. The largest absolute Gasteiger partial charge is 0.491 e. The topological polar surface area (TPSA) is 236 Å². The Morgan fingerprint density at radius 1 is 0.800 bits per heavy atom. The van der Waals surface area contributed by atoms with Gasteiger partial charge in [0, 0.05) is 6.54 Å². The lowest BCUT2D eigenvalue weighted by Crippen LogP contribution is -2.58. The van der Waals surface area contributed by atoms with E-state index in [2.05, 4.69) is 26.3 Å². The lowest BCUT2D eigenvalue weighted by atomic mass is 10.0. The quantitative estimate of drug-likeness (QED) is 0.0873. The van der Waals surface area contributed by atoms with E-state index in [9.17, 15) is 24.3 Å². The normalized spacial score (nSPS) is 21.3. The fraction of sp³-hybridized carbons (Fsp3) is 0.452. The Kier molecular flexibility index (Phi) is 14.1. The van der Waals surface area contributed by atoms with E-state index < -0.39 is 54.4 Å². The number of benzene rings is 2. The number of unbranched alkanes of at least 4 members (excludes halogenated alkanes) is 1. The molecule has 0 saturated heterocycles. The van der Waals surface area contributed by atoms with Gasteiger partial charge in [0.05, 0.1) is 18.2 Å². The highest BCUT2D eigenvalue weighted by Gasteiger charge is 2.31. The van der Waals surface area contributed by atoms with Gasteiger partial charge in [-0.25, -0.2) is 0 Å². The van der Waals surface area contributed by atoms with Crippen LogP contribution in [0.25, 0.3) is 0 Å². The summed E-state index contributed by atoms with van der Waals surface area (Å²) < 4.78 is 6.06. The number of nitrogens with zero attached hydrogens (tertiary/aromatic N) is 1. The van der Waals surface area contributed by atoms with Crippen molar-refractivity contribution in [3.05, 3.63) is 65.7 Å². The maximum atomic E-state index is 13.7. The van der Waals surface area contributed by atoms with Gasteiger partial charge >= 0.3 is 0 Å². The van der Waals surface area contributed by atoms with Gasteiger partial charge < -0.3 is 48.3 Å². The van der Waals surface area contributed by atoms with E-state index in [1.54, 1.807) is 18.2 Å². The molecule has 1 aliphatic rings. The molecule has 4 amide bonds. The summed E-state index contributed by atoms with van der Waals surface area (Å²) in [6.07, 6.45) is 2.37. The number of hydrogen-bond acceptors (Lipinski definition) is 8. The summed E-state index contributed by atoms with van der Waals surface area (Å²) >= 11 is 0. The van der Waals surface area contributed by atoms with Crippen molar-refractivity contribution in [2.24, 2.45) is 22.2 Å². The third kappa shape index (κ3) is 11.4. The summed E-state index contributed by atoms with van der Waals surface area (Å²) in [5, 5.41) is 20.9. The molecule has 14 heteroatoms. The molecule has 244 valence electrons. The maximum Gasteiger partial charge on any atom is 0.255 e. The van der Waals surface area contributed by atoms with Gasteiger partial charge in [0.1, 0.15) is 30.5 Å². The van der Waals surface area contributed by atoms with Crippen LogP contribution in [0.4, 0.5) is 0 Å². The Labute approximate surface area is 262 Å². The molecular weight excluding hydrogens is 580 g/mol. The summed E-state index contributed by atoms with van der Waals surface area (Å²) in [4.78, 5) is 57.7. The SMILES string of the molecule is NCCCC[C@@H]1NC(=O)[C@H](CCCN=C(N)N)NC(=O)[C@H](CO)NC(=O)c2ccccc2OC[C@H](Cc2ccccc2)NC1=O. The highest BCUT2D eigenvalue weighted by Crippen LogP contribution is 2.19. The summed E-state index contributed by atoms with van der Waals surface area (Å²) in [7, 11) is 0. The Bertz CT molecular complexity index is 1300. The fourth-order valence-electron chi connectivity index (χ4n) is 4.83. The predicted octanol–water partition coefficient (Wildman–Crippen LogP) is -0.951. The summed E-state index contributed by atoms with van der Waals surface area (Å²) in [6.45, 7) is -0.109. The van der Waals surface area contributed by atoms with E-state index in [1.165, 1.54) is 6.07 Å². The van der Waals surface area contributed by atoms with Crippen molar-refractivity contribution in [2.75, 3.05) is 26.3 Å². The smallest absolute Gasteiger partial charge is 0.255 e. The number of amides is 4. The van der Waals surface area contributed by atoms with Crippen LogP contribution in [-0.4, -0.2) is 85.2 Å². The van der Waals surface area contributed by atoms with E-state index in [-0.39, 0.29) is 36.8 Å². The first-order valence-electron chi connectivity index (χ1n) is 15.1. The lowest BCUT2D eigenvalue weighted by molar-refractivity contribution is -0.133. The minimum absolute atomic E-state index is 0.00568. The molecule has 45 heavy (non-hydrogen) atoms. The van der Waals surface area contributed by atoms with Gasteiger partial charge in [0.25, 0.3) is 5.91 Å². The second-order valence-corrected chi connectivity index (χ2v) is 10.8. The van der Waals surface area contributed by atoms with E-state index in [0.717, 1.165) is 5.56 Å². The summed E-state index contributed by atoms with van der Waals surface area (Å²) in [6, 6.07) is 12.0. The average Bonchev–Trinajstić information content (AvgIpc) is 3.03. The molecule has 11 N–H and O–H groups in total. The molecule has 0 bridgehead atoms. The van der Waals surface area contributed by atoms with Gasteiger partial charge in [0.2, 0.25) is 17.7 Å². The number of ether oxygens (including phenoxy) is 1. The van der Waals surface area contributed by atoms with Crippen molar-refractivity contribution in [1.29, 1.82) is 0 Å². The standard InChI is InChI=1S/C31H44N8O6/c32-15-7-6-12-23-28(42)36-21(17-20-9-2-1-3-10-20)19-45-26-14-5-4-11-22(26)27(41)39-25(18-40)30(44)38-24(29(43)37-23)13-8-16-35-31(33)34/h1-5,9-11,14,21,23-25,40H,6-8,12-13,15-19,32H2,(H,36,42)(H,37,43)(H,38,44)(H,39,41)(H4,33,34,35)/t21-,23-,24-,25-/m0/s1. The van der Waals surface area contributed by atoms with Crippen LogP contribution in [-0.2, 0) is 20.8 Å². The second-order valence-electron chi connectivity index (χ2n) is 10.8. The molecule has 0 spiro atoms. The van der Waals surface area contributed by atoms with Crippen LogP contribution in [0.2, 0.25) is 0 Å². The zero-order valence-corrected chi connectivity index (χ0v) is 25.2. The molecule has 14 nitrogen and oxygen atoms in total. The van der Waals surface area contributed by atoms with Crippen LogP contribution in [0, 0.1) is 0 Å². The van der Waals surface area contributed by atoms with Gasteiger partial charge in [-0.1, -0.05) is 42.5 Å². The number of nitrogens with one attached hydrogen (secondary N) is 4. The second kappa shape index (κ2) is 18.2. The highest BCUT2D eigenvalue weighted by molar-refractivity contribution is 6.00. The van der Waals surface area contributed by atoms with Crippen LogP contribution in [0.5, 0.6) is 5.75 Å². The molecule has 0 radical (unpaired) electrons. The molecule has 1 aliphatic heterocycles. The Morgan fingerprint density at radius 2 is 1.42 bits per heavy atom. The number of para-hydroxylation sites is 1. The van der Waals surface area contributed by atoms with Crippen molar-refractivity contribution in [1.82, 2.24) is 21.3 Å². The number of fused-ring (bicyclic) bond motifs is 1. The number of aliphatic hydroxyl groups excluding tert-OH is 1. The van der Waals surface area contributed by atoms with Crippen molar-refractivity contribution in [3.8, 4) is 5.75 Å². The first-order chi connectivity index (χ1) is 21.7. The minimum Gasteiger partial charge on any atom is -0.491 e. The third-order valence-electron chi connectivity index (χ3n) is 7.21. The zero-order chi connectivity index (χ0) is 32.6. The van der Waals surface area contributed by atoms with Crippen LogP contribution >= 0.6 is 0 Å². The number of carbonyl (C=O) groups excluding carboxylic acids is 4. The van der Waals surface area contributed by atoms with Crippen molar-refractivity contribution in [3.63, 3.8) is 0 Å². The van der Waals surface area contributed by atoms with E-state index in [0.29, 0.717) is 38.6 Å². The van der Waals surface area contributed by atoms with Crippen LogP contribution < -0.4 is 43.2 Å². The van der Waals surface area contributed by atoms with Crippen molar-refractivity contribution in [2.45, 2.75) is 62.7 Å². The number of guanidine groups is 1. The Hall–Kier alpha value is -4.69. The monoisotopic (exact) mass is 624 g/mol. The molecule has 0 aliphatic carbocycles. The average molecular weight is 625 g/mol. The van der Waals surface area contributed by atoms with Gasteiger partial charge in [-0.2, -0.15) is 0 Å². The molecule has 2 aromatic carbocycles. The first kappa shape index (κ1) is 34.8. The number of rotatable bonds is 11. The van der Waals surface area contributed by atoms with Gasteiger partial charge in [-0.3, -0.25) is 24.2 Å². The molecule has 0 unspecified atom stereocenters. The van der Waals surface area contributed by atoms with Crippen LogP contribution in [0.1, 0.15) is 48.0 Å².